The first kappa shape index (κ1) is 24.8. The number of methoxy groups -OCH3 is 2. The SMILES string of the molecule is COC(=O)C1=C(C)NC(C)=C(C(=O)OC)C1C(=O)OCC(=O)c1ccc(C(C)(C)C)cc1. The van der Waals surface area contributed by atoms with Gasteiger partial charge in [0, 0.05) is 17.0 Å². The quantitative estimate of drug-likeness (QED) is 0.406. The summed E-state index contributed by atoms with van der Waals surface area (Å²) in [5.41, 5.74) is 1.91. The third-order valence-corrected chi connectivity index (χ3v) is 5.23. The van der Waals surface area contributed by atoms with Gasteiger partial charge in [0.25, 0.3) is 0 Å². The van der Waals surface area contributed by atoms with Crippen molar-refractivity contribution in [2.75, 3.05) is 20.8 Å². The number of rotatable bonds is 6. The van der Waals surface area contributed by atoms with Crippen LogP contribution in [-0.2, 0) is 34.0 Å². The summed E-state index contributed by atoms with van der Waals surface area (Å²) < 4.78 is 14.8. The molecular weight excluding hydrogens is 414 g/mol. The summed E-state index contributed by atoms with van der Waals surface area (Å²) in [4.78, 5) is 50.3. The number of benzene rings is 1. The smallest absolute Gasteiger partial charge is 0.336 e. The van der Waals surface area contributed by atoms with E-state index in [1.54, 1.807) is 26.0 Å². The van der Waals surface area contributed by atoms with Gasteiger partial charge in [0.1, 0.15) is 5.92 Å². The molecule has 0 spiro atoms. The van der Waals surface area contributed by atoms with E-state index in [9.17, 15) is 19.2 Å². The lowest BCUT2D eigenvalue weighted by Gasteiger charge is -2.28. The van der Waals surface area contributed by atoms with E-state index in [0.717, 1.165) is 5.56 Å². The summed E-state index contributed by atoms with van der Waals surface area (Å²) in [6, 6.07) is 7.06. The van der Waals surface area contributed by atoms with Gasteiger partial charge < -0.3 is 19.5 Å². The summed E-state index contributed by atoms with van der Waals surface area (Å²) in [6.45, 7) is 8.80. The minimum atomic E-state index is -1.38. The number of hydrogen-bond donors (Lipinski definition) is 1. The zero-order valence-electron chi connectivity index (χ0n) is 19.5. The topological polar surface area (TPSA) is 108 Å². The van der Waals surface area contributed by atoms with Gasteiger partial charge >= 0.3 is 17.9 Å². The molecule has 0 bridgehead atoms. The van der Waals surface area contributed by atoms with Crippen LogP contribution < -0.4 is 5.32 Å². The van der Waals surface area contributed by atoms with Crippen LogP contribution in [0.1, 0.15) is 50.5 Å². The summed E-state index contributed by atoms with van der Waals surface area (Å²) in [7, 11) is 2.33. The van der Waals surface area contributed by atoms with Crippen molar-refractivity contribution in [3.63, 3.8) is 0 Å². The van der Waals surface area contributed by atoms with E-state index in [1.807, 2.05) is 12.1 Å². The van der Waals surface area contributed by atoms with Crippen LogP contribution >= 0.6 is 0 Å². The fraction of sp³-hybridized carbons (Fsp3) is 0.417. The lowest BCUT2D eigenvalue weighted by Crippen LogP contribution is -2.38. The Hall–Kier alpha value is -3.42. The van der Waals surface area contributed by atoms with E-state index >= 15 is 0 Å². The van der Waals surface area contributed by atoms with Crippen LogP contribution in [0.3, 0.4) is 0 Å². The van der Waals surface area contributed by atoms with E-state index in [2.05, 4.69) is 26.1 Å². The number of nitrogens with one attached hydrogen (secondary N) is 1. The van der Waals surface area contributed by atoms with Crippen LogP contribution in [0.4, 0.5) is 0 Å². The van der Waals surface area contributed by atoms with Crippen LogP contribution in [0, 0.1) is 5.92 Å². The van der Waals surface area contributed by atoms with Crippen LogP contribution in [-0.4, -0.2) is 44.5 Å². The molecule has 0 unspecified atom stereocenters. The molecule has 172 valence electrons. The van der Waals surface area contributed by atoms with Gasteiger partial charge in [0.2, 0.25) is 0 Å². The molecule has 1 aliphatic heterocycles. The van der Waals surface area contributed by atoms with Crippen molar-refractivity contribution in [1.82, 2.24) is 5.32 Å². The van der Waals surface area contributed by atoms with Crippen molar-refractivity contribution in [2.45, 2.75) is 40.0 Å². The Morgan fingerprint density at radius 2 is 1.34 bits per heavy atom. The molecule has 0 fully saturated rings. The lowest BCUT2D eigenvalue weighted by atomic mass is 9.85. The first-order chi connectivity index (χ1) is 14.9. The number of allylic oxidation sites excluding steroid dienone is 2. The van der Waals surface area contributed by atoms with Gasteiger partial charge in [0.15, 0.2) is 12.4 Å². The Balaban J connectivity index is 2.27. The van der Waals surface area contributed by atoms with Crippen LogP contribution in [0.25, 0.3) is 0 Å². The van der Waals surface area contributed by atoms with Crippen molar-refractivity contribution in [3.05, 3.63) is 57.9 Å². The summed E-state index contributed by atoms with van der Waals surface area (Å²) in [6.07, 6.45) is 0. The van der Waals surface area contributed by atoms with Crippen molar-refractivity contribution in [2.24, 2.45) is 5.92 Å². The van der Waals surface area contributed by atoms with Gasteiger partial charge in [-0.1, -0.05) is 45.0 Å². The molecule has 2 rings (SSSR count). The lowest BCUT2D eigenvalue weighted by molar-refractivity contribution is -0.150. The Kier molecular flexibility index (Phi) is 7.61. The molecule has 32 heavy (non-hydrogen) atoms. The van der Waals surface area contributed by atoms with Crippen LogP contribution in [0.15, 0.2) is 46.8 Å². The van der Waals surface area contributed by atoms with E-state index in [4.69, 9.17) is 14.2 Å². The summed E-state index contributed by atoms with van der Waals surface area (Å²) >= 11 is 0. The van der Waals surface area contributed by atoms with Crippen molar-refractivity contribution < 1.29 is 33.4 Å². The number of Topliss-reactive ketones (excluding diaryl/α,β-unsaturated/α-hetero) is 1. The Morgan fingerprint density at radius 1 is 0.875 bits per heavy atom. The average molecular weight is 443 g/mol. The molecule has 0 saturated heterocycles. The van der Waals surface area contributed by atoms with E-state index < -0.39 is 36.2 Å². The van der Waals surface area contributed by atoms with E-state index in [1.165, 1.54) is 14.2 Å². The second kappa shape index (κ2) is 9.80. The molecule has 0 atom stereocenters. The highest BCUT2D eigenvalue weighted by Crippen LogP contribution is 2.32. The Morgan fingerprint density at radius 3 is 1.75 bits per heavy atom. The predicted molar refractivity (Wildman–Crippen MR) is 116 cm³/mol. The van der Waals surface area contributed by atoms with Crippen molar-refractivity contribution >= 4 is 23.7 Å². The number of dihydropyridines is 1. The number of carbonyl (C=O) groups is 4. The number of ketones is 1. The molecule has 0 amide bonds. The standard InChI is InChI=1S/C24H29NO7/c1-13-18(21(27)30-6)20(19(14(2)25-13)22(28)31-7)23(29)32-12-17(26)15-8-10-16(11-9-15)24(3,4)5/h8-11,20,25H,12H2,1-7H3. The molecule has 0 saturated carbocycles. The highest BCUT2D eigenvalue weighted by molar-refractivity contribution is 6.06. The monoisotopic (exact) mass is 443 g/mol. The zero-order valence-corrected chi connectivity index (χ0v) is 19.5. The van der Waals surface area contributed by atoms with E-state index in [-0.39, 0.29) is 16.6 Å². The molecule has 1 aliphatic rings. The molecule has 1 heterocycles. The Bertz CT molecular complexity index is 956. The van der Waals surface area contributed by atoms with Gasteiger partial charge in [-0.15, -0.1) is 0 Å². The molecule has 1 aromatic carbocycles. The molecule has 0 aromatic heterocycles. The highest BCUT2D eigenvalue weighted by atomic mass is 16.5. The van der Waals surface area contributed by atoms with Crippen LogP contribution in [0.2, 0.25) is 0 Å². The molecule has 0 radical (unpaired) electrons. The molecule has 1 aromatic rings. The van der Waals surface area contributed by atoms with Gasteiger partial charge in [-0.25, -0.2) is 9.59 Å². The zero-order chi connectivity index (χ0) is 24.2. The maximum absolute atomic E-state index is 13.0. The molecular formula is C24H29NO7. The average Bonchev–Trinajstić information content (AvgIpc) is 2.75. The maximum Gasteiger partial charge on any atom is 0.336 e. The van der Waals surface area contributed by atoms with Gasteiger partial charge in [-0.3, -0.25) is 9.59 Å². The fourth-order valence-corrected chi connectivity index (χ4v) is 3.45. The van der Waals surface area contributed by atoms with Crippen LogP contribution in [0.5, 0.6) is 0 Å². The van der Waals surface area contributed by atoms with E-state index in [0.29, 0.717) is 17.0 Å². The minimum absolute atomic E-state index is 0.0635. The summed E-state index contributed by atoms with van der Waals surface area (Å²) in [5.74, 6) is -4.31. The molecule has 8 nitrogen and oxygen atoms in total. The third kappa shape index (κ3) is 5.25. The first-order valence-corrected chi connectivity index (χ1v) is 10.1. The first-order valence-electron chi connectivity index (χ1n) is 10.1. The molecule has 0 aliphatic carbocycles. The number of hydrogen-bond acceptors (Lipinski definition) is 8. The van der Waals surface area contributed by atoms with Gasteiger partial charge in [0.05, 0.1) is 25.4 Å². The van der Waals surface area contributed by atoms with Crippen molar-refractivity contribution in [1.29, 1.82) is 0 Å². The van der Waals surface area contributed by atoms with Crippen molar-refractivity contribution in [3.8, 4) is 0 Å². The number of carbonyl (C=O) groups excluding carboxylic acids is 4. The molecule has 1 N–H and O–H groups in total. The predicted octanol–water partition coefficient (Wildman–Crippen LogP) is 2.82. The number of ether oxygens (including phenoxy) is 3. The molecule has 8 heteroatoms. The Labute approximate surface area is 187 Å². The largest absolute Gasteiger partial charge is 0.466 e. The minimum Gasteiger partial charge on any atom is -0.466 e. The summed E-state index contributed by atoms with van der Waals surface area (Å²) in [5, 5.41) is 2.89. The second-order valence-corrected chi connectivity index (χ2v) is 8.48. The third-order valence-electron chi connectivity index (χ3n) is 5.23. The highest BCUT2D eigenvalue weighted by Gasteiger charge is 2.42. The van der Waals surface area contributed by atoms with Gasteiger partial charge in [-0.2, -0.15) is 0 Å². The second-order valence-electron chi connectivity index (χ2n) is 8.48. The normalized spacial score (nSPS) is 14.6. The fourth-order valence-electron chi connectivity index (χ4n) is 3.45. The van der Waals surface area contributed by atoms with Gasteiger partial charge in [-0.05, 0) is 24.8 Å². The maximum atomic E-state index is 13.0. The number of esters is 3.